The lowest BCUT2D eigenvalue weighted by molar-refractivity contribution is -0.402. The molecule has 0 saturated carbocycles. The summed E-state index contributed by atoms with van der Waals surface area (Å²) in [5.41, 5.74) is 0. The van der Waals surface area contributed by atoms with Gasteiger partial charge in [0.2, 0.25) is 0 Å². The van der Waals surface area contributed by atoms with Gasteiger partial charge in [0.25, 0.3) is 0 Å². The summed E-state index contributed by atoms with van der Waals surface area (Å²) in [7, 11) is 3.55. The molecule has 0 aliphatic heterocycles. The Bertz CT molecular complexity index is 584. The Hall–Kier alpha value is -2.64. The second-order valence-electron chi connectivity index (χ2n) is 3.60. The van der Waals surface area contributed by atoms with Crippen LogP contribution in [0.25, 0.3) is 12.2 Å². The lowest BCUT2D eigenvalue weighted by Gasteiger charge is -2.01. The summed E-state index contributed by atoms with van der Waals surface area (Å²) in [6.07, 6.45) is 3.07. The van der Waals surface area contributed by atoms with Gasteiger partial charge < -0.3 is 13.8 Å². The molecule has 0 bridgehead atoms. The van der Waals surface area contributed by atoms with Crippen LogP contribution in [0.1, 0.15) is 11.6 Å². The van der Waals surface area contributed by atoms with Gasteiger partial charge in [-0.3, -0.25) is 10.1 Å². The maximum Gasteiger partial charge on any atom is 0.433 e. The van der Waals surface area contributed by atoms with E-state index in [0.29, 0.717) is 17.6 Å². The van der Waals surface area contributed by atoms with Gasteiger partial charge in [-0.15, -0.1) is 0 Å². The minimum absolute atomic E-state index is 0.309. The fraction of sp³-hybridized carbons (Fsp3) is 0.200. The van der Waals surface area contributed by atoms with E-state index >= 15 is 0 Å². The molecule has 0 amide bonds. The molecule has 0 spiro atoms. The van der Waals surface area contributed by atoms with Crippen molar-refractivity contribution in [2.45, 2.75) is 0 Å². The molecule has 0 unspecified atom stereocenters. The zero-order valence-electron chi connectivity index (χ0n) is 9.73. The molecule has 0 N–H and O–H groups in total. The summed E-state index contributed by atoms with van der Waals surface area (Å²) in [5, 5.41) is 14.1. The Balaban J connectivity index is 2.11. The van der Waals surface area contributed by atoms with Crippen LogP contribution in [-0.4, -0.2) is 29.2 Å². The molecule has 18 heavy (non-hydrogen) atoms. The topological polar surface area (TPSA) is 98.4 Å². The smallest absolute Gasteiger partial charge is 0.401 e. The van der Waals surface area contributed by atoms with Crippen molar-refractivity contribution < 1.29 is 13.9 Å². The van der Waals surface area contributed by atoms with Gasteiger partial charge in [0.15, 0.2) is 5.82 Å². The van der Waals surface area contributed by atoms with Gasteiger partial charge in [0.05, 0.1) is 6.07 Å². The molecule has 8 heteroatoms. The highest BCUT2D eigenvalue weighted by Gasteiger charge is 2.10. The maximum atomic E-state index is 10.4. The molecule has 2 aromatic heterocycles. The van der Waals surface area contributed by atoms with Crippen LogP contribution in [0.4, 0.5) is 11.9 Å². The largest absolute Gasteiger partial charge is 0.433 e. The quantitative estimate of drug-likeness (QED) is 0.602. The molecule has 0 radical (unpaired) electrons. The zero-order chi connectivity index (χ0) is 13.1. The fourth-order valence-corrected chi connectivity index (χ4v) is 1.16. The highest BCUT2D eigenvalue weighted by molar-refractivity contribution is 5.64. The van der Waals surface area contributed by atoms with Crippen LogP contribution in [0.2, 0.25) is 0 Å². The summed E-state index contributed by atoms with van der Waals surface area (Å²) in [4.78, 5) is 15.5. The summed E-state index contributed by atoms with van der Waals surface area (Å²) in [6, 6.07) is 3.14. The van der Waals surface area contributed by atoms with Gasteiger partial charge in [-0.1, -0.05) is 5.16 Å². The molecule has 94 valence electrons. The van der Waals surface area contributed by atoms with E-state index in [2.05, 4.69) is 10.1 Å². The van der Waals surface area contributed by atoms with Crippen molar-refractivity contribution in [3.05, 3.63) is 33.8 Å². The molecule has 2 aromatic rings. The number of nitro groups is 1. The minimum atomic E-state index is -0.601. The Labute approximate surface area is 102 Å². The Morgan fingerprint density at radius 2 is 2.17 bits per heavy atom. The summed E-state index contributed by atoms with van der Waals surface area (Å²) in [5.74, 6) is 0.396. The SMILES string of the molecule is CN(C)c1nc(/C=C/c2ccc([N+](=O)[O-])o2)no1. The molecule has 0 atom stereocenters. The molecule has 0 saturated heterocycles. The first-order valence-electron chi connectivity index (χ1n) is 4.99. The van der Waals surface area contributed by atoms with Crippen molar-refractivity contribution in [3.63, 3.8) is 0 Å². The fourth-order valence-electron chi connectivity index (χ4n) is 1.16. The van der Waals surface area contributed by atoms with E-state index in [1.165, 1.54) is 18.2 Å². The predicted molar refractivity (Wildman–Crippen MR) is 62.9 cm³/mol. The predicted octanol–water partition coefficient (Wildman–Crippen LogP) is 1.81. The second-order valence-corrected chi connectivity index (χ2v) is 3.60. The summed E-state index contributed by atoms with van der Waals surface area (Å²) in [6.45, 7) is 0. The van der Waals surface area contributed by atoms with Crippen LogP contribution in [0.15, 0.2) is 21.1 Å². The van der Waals surface area contributed by atoms with E-state index in [1.807, 2.05) is 0 Å². The van der Waals surface area contributed by atoms with Crippen molar-refractivity contribution in [3.8, 4) is 0 Å². The number of hydrogen-bond acceptors (Lipinski definition) is 7. The number of nitrogens with zero attached hydrogens (tertiary/aromatic N) is 4. The van der Waals surface area contributed by atoms with Crippen LogP contribution in [-0.2, 0) is 0 Å². The van der Waals surface area contributed by atoms with E-state index in [-0.39, 0.29) is 5.88 Å². The molecular formula is C10H10N4O4. The van der Waals surface area contributed by atoms with Gasteiger partial charge in [-0.05, 0) is 18.2 Å². The Morgan fingerprint density at radius 3 is 2.72 bits per heavy atom. The highest BCUT2D eigenvalue weighted by Crippen LogP contribution is 2.17. The van der Waals surface area contributed by atoms with Crippen LogP contribution in [0.3, 0.4) is 0 Å². The van der Waals surface area contributed by atoms with Gasteiger partial charge in [0, 0.05) is 14.1 Å². The van der Waals surface area contributed by atoms with Crippen molar-refractivity contribution >= 4 is 24.1 Å². The Kier molecular flexibility index (Phi) is 3.09. The Morgan fingerprint density at radius 1 is 1.39 bits per heavy atom. The molecule has 0 aliphatic carbocycles. The first-order chi connectivity index (χ1) is 8.56. The van der Waals surface area contributed by atoms with E-state index in [4.69, 9.17) is 8.94 Å². The first kappa shape index (κ1) is 11.8. The lowest BCUT2D eigenvalue weighted by atomic mass is 10.4. The normalized spacial score (nSPS) is 11.0. The van der Waals surface area contributed by atoms with E-state index < -0.39 is 4.92 Å². The zero-order valence-corrected chi connectivity index (χ0v) is 9.73. The van der Waals surface area contributed by atoms with Crippen LogP contribution in [0, 0.1) is 10.1 Å². The van der Waals surface area contributed by atoms with Crippen molar-refractivity contribution in [1.82, 2.24) is 10.1 Å². The molecule has 8 nitrogen and oxygen atoms in total. The molecule has 2 heterocycles. The molecule has 0 aromatic carbocycles. The molecular weight excluding hydrogens is 240 g/mol. The summed E-state index contributed by atoms with van der Waals surface area (Å²) < 4.78 is 9.87. The average Bonchev–Trinajstić information content (AvgIpc) is 2.95. The third-order valence-electron chi connectivity index (χ3n) is 2.00. The number of hydrogen-bond donors (Lipinski definition) is 0. The number of anilines is 1. The van der Waals surface area contributed by atoms with Crippen molar-refractivity contribution in [2.24, 2.45) is 0 Å². The monoisotopic (exact) mass is 250 g/mol. The third-order valence-corrected chi connectivity index (χ3v) is 2.00. The second kappa shape index (κ2) is 4.70. The van der Waals surface area contributed by atoms with Gasteiger partial charge >= 0.3 is 11.9 Å². The van der Waals surface area contributed by atoms with Gasteiger partial charge in [-0.25, -0.2) is 0 Å². The third kappa shape index (κ3) is 2.54. The van der Waals surface area contributed by atoms with Gasteiger partial charge in [0.1, 0.15) is 10.7 Å². The van der Waals surface area contributed by atoms with Gasteiger partial charge in [-0.2, -0.15) is 4.98 Å². The van der Waals surface area contributed by atoms with Crippen LogP contribution in [0.5, 0.6) is 0 Å². The van der Waals surface area contributed by atoms with Crippen LogP contribution >= 0.6 is 0 Å². The van der Waals surface area contributed by atoms with Crippen LogP contribution < -0.4 is 4.90 Å². The average molecular weight is 250 g/mol. The van der Waals surface area contributed by atoms with E-state index in [1.54, 1.807) is 25.1 Å². The number of furan rings is 1. The van der Waals surface area contributed by atoms with E-state index in [9.17, 15) is 10.1 Å². The first-order valence-corrected chi connectivity index (χ1v) is 4.99. The van der Waals surface area contributed by atoms with Crippen molar-refractivity contribution in [2.75, 3.05) is 19.0 Å². The maximum absolute atomic E-state index is 10.4. The highest BCUT2D eigenvalue weighted by atomic mass is 16.6. The summed E-state index contributed by atoms with van der Waals surface area (Å²) >= 11 is 0. The number of rotatable bonds is 4. The van der Waals surface area contributed by atoms with E-state index in [0.717, 1.165) is 0 Å². The molecule has 0 aliphatic rings. The lowest BCUT2D eigenvalue weighted by Crippen LogP contribution is -2.08. The molecule has 2 rings (SSSR count). The number of aromatic nitrogens is 2. The molecule has 0 fully saturated rings. The minimum Gasteiger partial charge on any atom is -0.401 e. The standard InChI is InChI=1S/C10H10N4O4/c1-13(2)10-11-8(12-18-10)5-3-7-4-6-9(17-7)14(15)16/h3-6H,1-2H3/b5-3+. The van der Waals surface area contributed by atoms with Crippen molar-refractivity contribution in [1.29, 1.82) is 0 Å².